The molecular formula is C12H14ClNO3. The minimum Gasteiger partial charge on any atom is -0.478 e. The van der Waals surface area contributed by atoms with Gasteiger partial charge in [-0.3, -0.25) is 0 Å². The van der Waals surface area contributed by atoms with Crippen molar-refractivity contribution in [2.45, 2.75) is 13.0 Å². The van der Waals surface area contributed by atoms with E-state index in [0.29, 0.717) is 30.4 Å². The summed E-state index contributed by atoms with van der Waals surface area (Å²) in [7, 11) is 0. The number of rotatable bonds is 2. The van der Waals surface area contributed by atoms with E-state index in [2.05, 4.69) is 0 Å². The highest BCUT2D eigenvalue weighted by Gasteiger charge is 2.23. The Morgan fingerprint density at radius 1 is 1.59 bits per heavy atom. The fourth-order valence-electron chi connectivity index (χ4n) is 2.03. The second-order valence-electron chi connectivity index (χ2n) is 4.07. The maximum atomic E-state index is 11.2. The summed E-state index contributed by atoms with van der Waals surface area (Å²) in [4.78, 5) is 13.2. The zero-order chi connectivity index (χ0) is 12.4. The Morgan fingerprint density at radius 3 is 3.00 bits per heavy atom. The lowest BCUT2D eigenvalue weighted by Crippen LogP contribution is -2.41. The van der Waals surface area contributed by atoms with E-state index >= 15 is 0 Å². The number of halogens is 1. The zero-order valence-electron chi connectivity index (χ0n) is 9.52. The quantitative estimate of drug-likeness (QED) is 0.881. The normalized spacial score (nSPS) is 20.4. The maximum Gasteiger partial charge on any atom is 0.337 e. The van der Waals surface area contributed by atoms with Crippen molar-refractivity contribution in [3.05, 3.63) is 28.8 Å². The van der Waals surface area contributed by atoms with Crippen molar-refractivity contribution in [3.63, 3.8) is 0 Å². The Balaban J connectivity index is 2.39. The van der Waals surface area contributed by atoms with Crippen LogP contribution in [0, 0.1) is 0 Å². The first-order valence-electron chi connectivity index (χ1n) is 5.48. The molecule has 0 amide bonds. The Kier molecular flexibility index (Phi) is 3.54. The standard InChI is InChI=1S/C12H14ClNO3/c1-8-7-14(5-6-17-8)11-9(12(15)16)3-2-4-10(11)13/h2-4,8H,5-7H2,1H3,(H,15,16). The van der Waals surface area contributed by atoms with Crippen molar-refractivity contribution in [2.24, 2.45) is 0 Å². The van der Waals surface area contributed by atoms with E-state index in [0.717, 1.165) is 0 Å². The Bertz CT molecular complexity index is 436. The van der Waals surface area contributed by atoms with Gasteiger partial charge in [-0.1, -0.05) is 17.7 Å². The van der Waals surface area contributed by atoms with Gasteiger partial charge in [0.05, 0.1) is 29.0 Å². The number of aromatic carboxylic acids is 1. The highest BCUT2D eigenvalue weighted by atomic mass is 35.5. The molecule has 1 aliphatic heterocycles. The first kappa shape index (κ1) is 12.2. The lowest BCUT2D eigenvalue weighted by Gasteiger charge is -2.34. The summed E-state index contributed by atoms with van der Waals surface area (Å²) in [6.07, 6.45) is 0.0849. The summed E-state index contributed by atoms with van der Waals surface area (Å²) in [5, 5.41) is 9.64. The largest absolute Gasteiger partial charge is 0.478 e. The third-order valence-electron chi connectivity index (χ3n) is 2.77. The molecule has 1 aromatic carbocycles. The number of benzene rings is 1. The van der Waals surface area contributed by atoms with Crippen molar-refractivity contribution < 1.29 is 14.6 Å². The summed E-state index contributed by atoms with van der Waals surface area (Å²) < 4.78 is 5.44. The van der Waals surface area contributed by atoms with Crippen LogP contribution >= 0.6 is 11.6 Å². The number of morpholine rings is 1. The van der Waals surface area contributed by atoms with Gasteiger partial charge in [0.1, 0.15) is 0 Å². The van der Waals surface area contributed by atoms with Crippen LogP contribution in [0.4, 0.5) is 5.69 Å². The summed E-state index contributed by atoms with van der Waals surface area (Å²) in [6, 6.07) is 4.94. The average Bonchev–Trinajstić information content (AvgIpc) is 2.28. The van der Waals surface area contributed by atoms with Crippen LogP contribution in [-0.2, 0) is 4.74 Å². The van der Waals surface area contributed by atoms with Crippen LogP contribution in [0.2, 0.25) is 5.02 Å². The average molecular weight is 256 g/mol. The number of para-hydroxylation sites is 1. The topological polar surface area (TPSA) is 49.8 Å². The minimum atomic E-state index is -0.957. The molecule has 1 heterocycles. The summed E-state index contributed by atoms with van der Waals surface area (Å²) in [5.74, 6) is -0.957. The summed E-state index contributed by atoms with van der Waals surface area (Å²) in [6.45, 7) is 3.87. The number of ether oxygens (including phenoxy) is 1. The molecule has 0 spiro atoms. The van der Waals surface area contributed by atoms with E-state index in [-0.39, 0.29) is 11.7 Å². The van der Waals surface area contributed by atoms with Gasteiger partial charge in [0.25, 0.3) is 0 Å². The SMILES string of the molecule is CC1CN(c2c(Cl)cccc2C(=O)O)CCO1. The summed E-state index contributed by atoms with van der Waals surface area (Å²) in [5.41, 5.74) is 0.836. The molecule has 17 heavy (non-hydrogen) atoms. The maximum absolute atomic E-state index is 11.2. The van der Waals surface area contributed by atoms with Gasteiger partial charge < -0.3 is 14.7 Å². The van der Waals surface area contributed by atoms with Crippen LogP contribution in [-0.4, -0.2) is 36.9 Å². The molecule has 92 valence electrons. The number of hydrogen-bond donors (Lipinski definition) is 1. The van der Waals surface area contributed by atoms with Gasteiger partial charge in [0, 0.05) is 13.1 Å². The molecule has 1 N–H and O–H groups in total. The molecule has 4 nitrogen and oxygen atoms in total. The molecule has 1 atom stereocenters. The first-order chi connectivity index (χ1) is 8.09. The van der Waals surface area contributed by atoms with Gasteiger partial charge in [-0.15, -0.1) is 0 Å². The molecule has 1 fully saturated rings. The number of carboxylic acid groups (broad SMARTS) is 1. The highest BCUT2D eigenvalue weighted by Crippen LogP contribution is 2.31. The van der Waals surface area contributed by atoms with E-state index in [9.17, 15) is 9.90 Å². The van der Waals surface area contributed by atoms with E-state index < -0.39 is 5.97 Å². The van der Waals surface area contributed by atoms with Crippen LogP contribution in [0.15, 0.2) is 18.2 Å². The molecule has 1 aliphatic rings. The predicted octanol–water partition coefficient (Wildman–Crippen LogP) is 2.26. The van der Waals surface area contributed by atoms with Crippen molar-refractivity contribution in [1.82, 2.24) is 0 Å². The molecule has 0 radical (unpaired) electrons. The Morgan fingerprint density at radius 2 is 2.35 bits per heavy atom. The fourth-order valence-corrected chi connectivity index (χ4v) is 2.32. The second kappa shape index (κ2) is 4.94. The molecule has 5 heteroatoms. The third kappa shape index (κ3) is 2.53. The van der Waals surface area contributed by atoms with Gasteiger partial charge in [0.2, 0.25) is 0 Å². The first-order valence-corrected chi connectivity index (χ1v) is 5.85. The molecular weight excluding hydrogens is 242 g/mol. The number of nitrogens with zero attached hydrogens (tertiary/aromatic N) is 1. The van der Waals surface area contributed by atoms with E-state index in [4.69, 9.17) is 16.3 Å². The summed E-state index contributed by atoms with van der Waals surface area (Å²) >= 11 is 6.11. The van der Waals surface area contributed by atoms with Crippen LogP contribution in [0.1, 0.15) is 17.3 Å². The number of hydrogen-bond acceptors (Lipinski definition) is 3. The van der Waals surface area contributed by atoms with Crippen molar-refractivity contribution in [1.29, 1.82) is 0 Å². The second-order valence-corrected chi connectivity index (χ2v) is 4.48. The molecule has 1 unspecified atom stereocenters. The molecule has 1 saturated heterocycles. The van der Waals surface area contributed by atoms with Gasteiger partial charge in [0.15, 0.2) is 0 Å². The van der Waals surface area contributed by atoms with Gasteiger partial charge in [-0.2, -0.15) is 0 Å². The van der Waals surface area contributed by atoms with Crippen LogP contribution in [0.5, 0.6) is 0 Å². The minimum absolute atomic E-state index is 0.0849. The molecule has 0 aromatic heterocycles. The van der Waals surface area contributed by atoms with Crippen LogP contribution < -0.4 is 4.90 Å². The number of carboxylic acids is 1. The fraction of sp³-hybridized carbons (Fsp3) is 0.417. The van der Waals surface area contributed by atoms with E-state index in [1.165, 1.54) is 0 Å². The molecule has 0 saturated carbocycles. The lowest BCUT2D eigenvalue weighted by atomic mass is 10.1. The lowest BCUT2D eigenvalue weighted by molar-refractivity contribution is 0.0528. The van der Waals surface area contributed by atoms with E-state index in [1.807, 2.05) is 11.8 Å². The van der Waals surface area contributed by atoms with Crippen molar-refractivity contribution in [3.8, 4) is 0 Å². The monoisotopic (exact) mass is 255 g/mol. The molecule has 0 bridgehead atoms. The highest BCUT2D eigenvalue weighted by molar-refractivity contribution is 6.34. The predicted molar refractivity (Wildman–Crippen MR) is 66.0 cm³/mol. The smallest absolute Gasteiger partial charge is 0.337 e. The van der Waals surface area contributed by atoms with Crippen LogP contribution in [0.25, 0.3) is 0 Å². The van der Waals surface area contributed by atoms with Crippen molar-refractivity contribution in [2.75, 3.05) is 24.6 Å². The van der Waals surface area contributed by atoms with Gasteiger partial charge >= 0.3 is 5.97 Å². The number of carbonyl (C=O) groups is 1. The molecule has 1 aromatic rings. The van der Waals surface area contributed by atoms with Crippen molar-refractivity contribution >= 4 is 23.3 Å². The molecule has 0 aliphatic carbocycles. The third-order valence-corrected chi connectivity index (χ3v) is 3.08. The van der Waals surface area contributed by atoms with E-state index in [1.54, 1.807) is 18.2 Å². The molecule has 2 rings (SSSR count). The van der Waals surface area contributed by atoms with Crippen LogP contribution in [0.3, 0.4) is 0 Å². The van der Waals surface area contributed by atoms with Gasteiger partial charge in [-0.05, 0) is 19.1 Å². The van der Waals surface area contributed by atoms with Gasteiger partial charge in [-0.25, -0.2) is 4.79 Å². The zero-order valence-corrected chi connectivity index (χ0v) is 10.3. The Labute approximate surface area is 105 Å². The number of anilines is 1. The Hall–Kier alpha value is -1.26.